The number of benzene rings is 1. The van der Waals surface area contributed by atoms with Gasteiger partial charge >= 0.3 is 0 Å². The number of fused-ring (bicyclic) bond motifs is 3. The van der Waals surface area contributed by atoms with Gasteiger partial charge in [0.2, 0.25) is 5.91 Å². The molecule has 4 heteroatoms. The number of nitrogens with one attached hydrogen (secondary N) is 1. The summed E-state index contributed by atoms with van der Waals surface area (Å²) in [6, 6.07) is 6.36. The van der Waals surface area contributed by atoms with E-state index in [0.717, 1.165) is 35.8 Å². The molecule has 2 aromatic rings. The standard InChI is InChI=1S/C19H19BrN2O/c1-12(23)22-10-9-15-16-11-14(20)7-8-17(16)21-18(15)19(22)13-5-3-2-4-6-13/h3,5-8,11,19,21H,2,4,9-10H2,1H3. The highest BCUT2D eigenvalue weighted by atomic mass is 79.9. The number of rotatable bonds is 1. The highest BCUT2D eigenvalue weighted by Crippen LogP contribution is 2.40. The van der Waals surface area contributed by atoms with E-state index in [0.29, 0.717) is 0 Å². The topological polar surface area (TPSA) is 36.1 Å². The van der Waals surface area contributed by atoms with Crippen LogP contribution in [0.15, 0.2) is 46.5 Å². The van der Waals surface area contributed by atoms with E-state index in [1.807, 2.05) is 4.90 Å². The predicted octanol–water partition coefficient (Wildman–Crippen LogP) is 4.65. The Morgan fingerprint density at radius 3 is 2.96 bits per heavy atom. The molecule has 0 fully saturated rings. The highest BCUT2D eigenvalue weighted by Gasteiger charge is 2.33. The molecule has 1 aliphatic heterocycles. The van der Waals surface area contributed by atoms with Crippen molar-refractivity contribution in [3.63, 3.8) is 0 Å². The van der Waals surface area contributed by atoms with E-state index in [2.05, 4.69) is 57.3 Å². The molecule has 1 aromatic carbocycles. The van der Waals surface area contributed by atoms with Crippen LogP contribution in [0.1, 0.15) is 37.1 Å². The van der Waals surface area contributed by atoms with Crippen LogP contribution in [0.5, 0.6) is 0 Å². The first-order valence-electron chi connectivity index (χ1n) is 8.09. The molecule has 23 heavy (non-hydrogen) atoms. The SMILES string of the molecule is CC(=O)N1CCc2c([nH]c3ccc(Br)cc23)C1C1=CCCC=C1. The molecule has 3 nitrogen and oxygen atoms in total. The van der Waals surface area contributed by atoms with E-state index in [1.54, 1.807) is 6.92 Å². The molecular weight excluding hydrogens is 352 g/mol. The average molecular weight is 371 g/mol. The maximum atomic E-state index is 12.2. The Balaban J connectivity index is 1.91. The zero-order valence-corrected chi connectivity index (χ0v) is 14.7. The third kappa shape index (κ3) is 2.45. The van der Waals surface area contributed by atoms with E-state index in [-0.39, 0.29) is 11.9 Å². The summed E-state index contributed by atoms with van der Waals surface area (Å²) in [5.74, 6) is 0.139. The van der Waals surface area contributed by atoms with Crippen LogP contribution >= 0.6 is 15.9 Å². The van der Waals surface area contributed by atoms with Gasteiger partial charge in [-0.2, -0.15) is 0 Å². The van der Waals surface area contributed by atoms with Crippen molar-refractivity contribution in [2.75, 3.05) is 6.54 Å². The van der Waals surface area contributed by atoms with Crippen LogP contribution < -0.4 is 0 Å². The molecule has 1 unspecified atom stereocenters. The first-order chi connectivity index (χ1) is 11.1. The number of carbonyl (C=O) groups is 1. The summed E-state index contributed by atoms with van der Waals surface area (Å²) < 4.78 is 1.09. The Morgan fingerprint density at radius 1 is 1.35 bits per heavy atom. The number of aromatic nitrogens is 1. The van der Waals surface area contributed by atoms with Crippen LogP contribution in [0.2, 0.25) is 0 Å². The van der Waals surface area contributed by atoms with Gasteiger partial charge in [0.15, 0.2) is 0 Å². The Morgan fingerprint density at radius 2 is 2.22 bits per heavy atom. The first kappa shape index (κ1) is 14.8. The zero-order valence-electron chi connectivity index (χ0n) is 13.1. The van der Waals surface area contributed by atoms with E-state index < -0.39 is 0 Å². The molecule has 2 heterocycles. The minimum atomic E-state index is 0.0129. The van der Waals surface area contributed by atoms with Crippen molar-refractivity contribution in [3.8, 4) is 0 Å². The lowest BCUT2D eigenvalue weighted by molar-refractivity contribution is -0.130. The molecule has 0 saturated heterocycles. The lowest BCUT2D eigenvalue weighted by atomic mass is 9.89. The van der Waals surface area contributed by atoms with E-state index in [1.165, 1.54) is 22.2 Å². The van der Waals surface area contributed by atoms with Crippen molar-refractivity contribution >= 4 is 32.7 Å². The summed E-state index contributed by atoms with van der Waals surface area (Å²) in [5, 5.41) is 1.27. The zero-order chi connectivity index (χ0) is 16.0. The lowest BCUT2D eigenvalue weighted by Gasteiger charge is -2.36. The van der Waals surface area contributed by atoms with Gasteiger partial charge in [-0.3, -0.25) is 4.79 Å². The van der Waals surface area contributed by atoms with Crippen molar-refractivity contribution in [1.29, 1.82) is 0 Å². The number of carbonyl (C=O) groups excluding carboxylic acids is 1. The average Bonchev–Trinajstić information content (AvgIpc) is 2.92. The summed E-state index contributed by atoms with van der Waals surface area (Å²) in [5.41, 5.74) is 4.91. The van der Waals surface area contributed by atoms with Crippen molar-refractivity contribution < 1.29 is 4.79 Å². The van der Waals surface area contributed by atoms with Gasteiger partial charge in [0.1, 0.15) is 0 Å². The predicted molar refractivity (Wildman–Crippen MR) is 96.3 cm³/mol. The molecule has 2 aliphatic rings. The quantitative estimate of drug-likeness (QED) is 0.778. The van der Waals surface area contributed by atoms with Gasteiger partial charge in [-0.15, -0.1) is 0 Å². The fourth-order valence-electron chi connectivity index (χ4n) is 3.78. The second-order valence-electron chi connectivity index (χ2n) is 6.26. The van der Waals surface area contributed by atoms with Gasteiger partial charge in [0.25, 0.3) is 0 Å². The number of halogens is 1. The maximum Gasteiger partial charge on any atom is 0.220 e. The molecule has 1 amide bonds. The number of nitrogens with zero attached hydrogens (tertiary/aromatic N) is 1. The third-order valence-corrected chi connectivity index (χ3v) is 5.33. The van der Waals surface area contributed by atoms with Crippen LogP contribution in [0.4, 0.5) is 0 Å². The number of H-pyrrole nitrogens is 1. The second-order valence-corrected chi connectivity index (χ2v) is 7.17. The second kappa shape index (κ2) is 5.68. The minimum absolute atomic E-state index is 0.0129. The normalized spacial score (nSPS) is 20.5. The van der Waals surface area contributed by atoms with Crippen molar-refractivity contribution in [3.05, 3.63) is 57.7 Å². The van der Waals surface area contributed by atoms with Crippen LogP contribution in [-0.2, 0) is 11.2 Å². The maximum absolute atomic E-state index is 12.2. The molecule has 1 aliphatic carbocycles. The summed E-state index contributed by atoms with van der Waals surface area (Å²) in [6.07, 6.45) is 9.70. The molecule has 1 aromatic heterocycles. The minimum Gasteiger partial charge on any atom is -0.356 e. The molecule has 118 valence electrons. The summed E-state index contributed by atoms with van der Waals surface area (Å²) in [4.78, 5) is 17.8. The smallest absolute Gasteiger partial charge is 0.220 e. The van der Waals surface area contributed by atoms with Gasteiger partial charge in [0.05, 0.1) is 6.04 Å². The van der Waals surface area contributed by atoms with Crippen LogP contribution in [0.3, 0.4) is 0 Å². The molecular formula is C19H19BrN2O. The van der Waals surface area contributed by atoms with Crippen LogP contribution in [-0.4, -0.2) is 22.3 Å². The van der Waals surface area contributed by atoms with Gasteiger partial charge in [-0.25, -0.2) is 0 Å². The lowest BCUT2D eigenvalue weighted by Crippen LogP contribution is -2.39. The molecule has 0 bridgehead atoms. The fraction of sp³-hybridized carbons (Fsp3) is 0.316. The van der Waals surface area contributed by atoms with Crippen LogP contribution in [0, 0.1) is 0 Å². The molecule has 1 N–H and O–H groups in total. The molecule has 4 rings (SSSR count). The monoisotopic (exact) mass is 370 g/mol. The van der Waals surface area contributed by atoms with Gasteiger partial charge in [-0.1, -0.05) is 34.2 Å². The van der Waals surface area contributed by atoms with Crippen LogP contribution in [0.25, 0.3) is 10.9 Å². The van der Waals surface area contributed by atoms with Crippen molar-refractivity contribution in [1.82, 2.24) is 9.88 Å². The number of aromatic amines is 1. The van der Waals surface area contributed by atoms with E-state index in [4.69, 9.17) is 0 Å². The number of allylic oxidation sites excluding steroid dienone is 2. The van der Waals surface area contributed by atoms with Gasteiger partial charge in [0, 0.05) is 34.5 Å². The largest absolute Gasteiger partial charge is 0.356 e. The van der Waals surface area contributed by atoms with Crippen molar-refractivity contribution in [2.45, 2.75) is 32.2 Å². The molecule has 1 atom stereocenters. The summed E-state index contributed by atoms with van der Waals surface area (Å²) in [6.45, 7) is 2.45. The van der Waals surface area contributed by atoms with Crippen molar-refractivity contribution in [2.24, 2.45) is 0 Å². The number of amides is 1. The Kier molecular flexibility index (Phi) is 3.64. The summed E-state index contributed by atoms with van der Waals surface area (Å²) >= 11 is 3.57. The first-order valence-corrected chi connectivity index (χ1v) is 8.88. The molecule has 0 radical (unpaired) electrons. The molecule has 0 spiro atoms. The molecule has 0 saturated carbocycles. The number of hydrogen-bond acceptors (Lipinski definition) is 1. The van der Waals surface area contributed by atoms with Gasteiger partial charge in [-0.05, 0) is 48.6 Å². The van der Waals surface area contributed by atoms with Gasteiger partial charge < -0.3 is 9.88 Å². The Hall–Kier alpha value is -1.81. The number of hydrogen-bond donors (Lipinski definition) is 1. The highest BCUT2D eigenvalue weighted by molar-refractivity contribution is 9.10. The Labute approximate surface area is 144 Å². The van der Waals surface area contributed by atoms with E-state index >= 15 is 0 Å². The van der Waals surface area contributed by atoms with E-state index in [9.17, 15) is 4.79 Å². The third-order valence-electron chi connectivity index (χ3n) is 4.83. The fourth-order valence-corrected chi connectivity index (χ4v) is 4.14. The Bertz CT molecular complexity index is 846. The summed E-state index contributed by atoms with van der Waals surface area (Å²) in [7, 11) is 0.